The van der Waals surface area contributed by atoms with E-state index in [1.807, 2.05) is 44.2 Å². The van der Waals surface area contributed by atoms with Gasteiger partial charge in [0.1, 0.15) is 5.65 Å². The fraction of sp³-hybridized carbons (Fsp3) is 0.125. The second-order valence-electron chi connectivity index (χ2n) is 4.77. The predicted octanol–water partition coefficient (Wildman–Crippen LogP) is 3.21. The molecule has 3 nitrogen and oxygen atoms in total. The minimum Gasteiger partial charge on any atom is -0.306 e. The van der Waals surface area contributed by atoms with E-state index in [9.17, 15) is 4.79 Å². The summed E-state index contributed by atoms with van der Waals surface area (Å²) in [7, 11) is 0. The number of fused-ring (bicyclic) bond motifs is 1. The van der Waals surface area contributed by atoms with Gasteiger partial charge in [-0.05, 0) is 43.2 Å². The van der Waals surface area contributed by atoms with E-state index >= 15 is 0 Å². The van der Waals surface area contributed by atoms with Gasteiger partial charge >= 0.3 is 0 Å². The van der Waals surface area contributed by atoms with Crippen LogP contribution in [0.4, 0.5) is 0 Å². The van der Waals surface area contributed by atoms with Gasteiger partial charge in [0.05, 0.1) is 0 Å². The maximum Gasteiger partial charge on any atom is 0.257 e. The number of aromatic nitrogens is 2. The molecule has 1 aromatic carbocycles. The highest BCUT2D eigenvalue weighted by molar-refractivity contribution is 5.81. The molecule has 0 saturated heterocycles. The molecule has 0 unspecified atom stereocenters. The van der Waals surface area contributed by atoms with Crippen LogP contribution in [0.3, 0.4) is 0 Å². The van der Waals surface area contributed by atoms with Gasteiger partial charge in [0.25, 0.3) is 5.56 Å². The van der Waals surface area contributed by atoms with Crippen LogP contribution >= 0.6 is 0 Å². The molecular weight excluding hydrogens is 236 g/mol. The Balaban J connectivity index is 2.30. The number of aromatic amines is 1. The van der Waals surface area contributed by atoms with Gasteiger partial charge in [0, 0.05) is 17.1 Å². The molecule has 0 spiro atoms. The molecule has 0 saturated carbocycles. The molecule has 0 fully saturated rings. The van der Waals surface area contributed by atoms with Crippen LogP contribution in [0, 0.1) is 13.8 Å². The largest absolute Gasteiger partial charge is 0.306 e. The van der Waals surface area contributed by atoms with E-state index in [0.29, 0.717) is 11.2 Å². The number of hydrogen-bond donors (Lipinski definition) is 1. The topological polar surface area (TPSA) is 45.8 Å². The number of benzene rings is 1. The van der Waals surface area contributed by atoms with Crippen molar-refractivity contribution >= 4 is 11.0 Å². The van der Waals surface area contributed by atoms with Crippen molar-refractivity contribution in [3.05, 3.63) is 64.1 Å². The number of nitrogens with zero attached hydrogens (tertiary/aromatic N) is 1. The number of aryl methyl sites for hydroxylation is 2. The predicted molar refractivity (Wildman–Crippen MR) is 77.3 cm³/mol. The molecule has 0 radical (unpaired) electrons. The molecule has 0 amide bonds. The number of H-pyrrole nitrogens is 1. The third kappa shape index (κ3) is 2.03. The Kier molecular flexibility index (Phi) is 2.67. The zero-order valence-corrected chi connectivity index (χ0v) is 10.9. The van der Waals surface area contributed by atoms with Crippen LogP contribution in [0.25, 0.3) is 22.2 Å². The average Bonchev–Trinajstić information content (AvgIpc) is 2.38. The van der Waals surface area contributed by atoms with Crippen molar-refractivity contribution in [2.24, 2.45) is 0 Å². The Morgan fingerprint density at radius 1 is 1.05 bits per heavy atom. The fourth-order valence-corrected chi connectivity index (χ4v) is 2.35. The van der Waals surface area contributed by atoms with Gasteiger partial charge in [-0.2, -0.15) is 0 Å². The van der Waals surface area contributed by atoms with Gasteiger partial charge in [-0.3, -0.25) is 4.79 Å². The molecule has 0 aliphatic carbocycles. The minimum atomic E-state index is -0.0989. The Hall–Kier alpha value is -2.42. The number of hydrogen-bond acceptors (Lipinski definition) is 2. The highest BCUT2D eigenvalue weighted by atomic mass is 16.1. The van der Waals surface area contributed by atoms with E-state index in [0.717, 1.165) is 16.5 Å². The van der Waals surface area contributed by atoms with Crippen LogP contribution in [-0.2, 0) is 0 Å². The maximum absolute atomic E-state index is 12.2. The van der Waals surface area contributed by atoms with E-state index in [4.69, 9.17) is 0 Å². The van der Waals surface area contributed by atoms with Gasteiger partial charge < -0.3 is 4.98 Å². The lowest BCUT2D eigenvalue weighted by molar-refractivity contribution is 1.23. The first-order valence-electron chi connectivity index (χ1n) is 6.21. The van der Waals surface area contributed by atoms with E-state index in [1.165, 1.54) is 5.56 Å². The molecule has 1 N–H and O–H groups in total. The molecule has 94 valence electrons. The molecule has 3 heteroatoms. The lowest BCUT2D eigenvalue weighted by atomic mass is 9.99. The van der Waals surface area contributed by atoms with Crippen molar-refractivity contribution < 1.29 is 0 Å². The van der Waals surface area contributed by atoms with Crippen LogP contribution in [0.15, 0.2) is 47.4 Å². The highest BCUT2D eigenvalue weighted by Crippen LogP contribution is 2.23. The second-order valence-corrected chi connectivity index (χ2v) is 4.77. The van der Waals surface area contributed by atoms with Gasteiger partial charge in [0.2, 0.25) is 0 Å². The van der Waals surface area contributed by atoms with Gasteiger partial charge in [0.15, 0.2) is 0 Å². The normalized spacial score (nSPS) is 10.8. The summed E-state index contributed by atoms with van der Waals surface area (Å²) < 4.78 is 0. The van der Waals surface area contributed by atoms with E-state index < -0.39 is 0 Å². The highest BCUT2D eigenvalue weighted by Gasteiger charge is 2.08. The zero-order chi connectivity index (χ0) is 13.4. The van der Waals surface area contributed by atoms with Crippen molar-refractivity contribution in [2.45, 2.75) is 13.8 Å². The first-order chi connectivity index (χ1) is 9.15. The molecule has 0 atom stereocenters. The van der Waals surface area contributed by atoms with Crippen LogP contribution < -0.4 is 5.56 Å². The Labute approximate surface area is 111 Å². The molecule has 3 rings (SSSR count). The van der Waals surface area contributed by atoms with Crippen molar-refractivity contribution in [3.8, 4) is 11.1 Å². The van der Waals surface area contributed by atoms with E-state index in [-0.39, 0.29) is 5.56 Å². The second kappa shape index (κ2) is 4.35. The lowest BCUT2D eigenvalue weighted by Gasteiger charge is -2.07. The van der Waals surface area contributed by atoms with E-state index in [1.54, 1.807) is 6.20 Å². The molecule has 19 heavy (non-hydrogen) atoms. The molecule has 0 bridgehead atoms. The number of pyridine rings is 2. The molecule has 3 aromatic rings. The standard InChI is InChI=1S/C16H14N2O/c1-10-5-6-13(11(2)8-10)14-9-12-4-3-7-17-15(12)18-16(14)19/h3-9H,1-2H3,(H,17,18,19). The van der Waals surface area contributed by atoms with Crippen LogP contribution in [0.5, 0.6) is 0 Å². The summed E-state index contributed by atoms with van der Waals surface area (Å²) >= 11 is 0. The van der Waals surface area contributed by atoms with Crippen molar-refractivity contribution in [2.75, 3.05) is 0 Å². The summed E-state index contributed by atoms with van der Waals surface area (Å²) in [6.07, 6.45) is 1.68. The Morgan fingerprint density at radius 2 is 1.89 bits per heavy atom. The molecule has 0 aliphatic heterocycles. The average molecular weight is 250 g/mol. The number of nitrogens with one attached hydrogen (secondary N) is 1. The summed E-state index contributed by atoms with van der Waals surface area (Å²) in [5.74, 6) is 0. The van der Waals surface area contributed by atoms with Crippen LogP contribution in [0.1, 0.15) is 11.1 Å². The minimum absolute atomic E-state index is 0.0989. The summed E-state index contributed by atoms with van der Waals surface area (Å²) in [5.41, 5.74) is 4.49. The maximum atomic E-state index is 12.2. The Bertz CT molecular complexity index is 818. The van der Waals surface area contributed by atoms with Crippen LogP contribution in [-0.4, -0.2) is 9.97 Å². The van der Waals surface area contributed by atoms with Crippen molar-refractivity contribution in [3.63, 3.8) is 0 Å². The third-order valence-electron chi connectivity index (χ3n) is 3.29. The summed E-state index contributed by atoms with van der Waals surface area (Å²) in [6.45, 7) is 4.07. The summed E-state index contributed by atoms with van der Waals surface area (Å²) in [4.78, 5) is 19.2. The first kappa shape index (κ1) is 11.7. The zero-order valence-electron chi connectivity index (χ0n) is 10.9. The van der Waals surface area contributed by atoms with Crippen LogP contribution in [0.2, 0.25) is 0 Å². The monoisotopic (exact) mass is 250 g/mol. The number of rotatable bonds is 1. The third-order valence-corrected chi connectivity index (χ3v) is 3.29. The summed E-state index contributed by atoms with van der Waals surface area (Å²) in [6, 6.07) is 11.8. The van der Waals surface area contributed by atoms with Gasteiger partial charge in [-0.25, -0.2) is 4.98 Å². The van der Waals surface area contributed by atoms with Gasteiger partial charge in [-0.1, -0.05) is 23.8 Å². The molecule has 0 aliphatic rings. The smallest absolute Gasteiger partial charge is 0.257 e. The van der Waals surface area contributed by atoms with Gasteiger partial charge in [-0.15, -0.1) is 0 Å². The first-order valence-corrected chi connectivity index (χ1v) is 6.21. The summed E-state index contributed by atoms with van der Waals surface area (Å²) in [5, 5.41) is 0.942. The molecule has 2 heterocycles. The lowest BCUT2D eigenvalue weighted by Crippen LogP contribution is -2.10. The fourth-order valence-electron chi connectivity index (χ4n) is 2.35. The Morgan fingerprint density at radius 3 is 2.68 bits per heavy atom. The molecular formula is C16H14N2O. The quantitative estimate of drug-likeness (QED) is 0.720. The van der Waals surface area contributed by atoms with Crippen molar-refractivity contribution in [1.29, 1.82) is 0 Å². The van der Waals surface area contributed by atoms with E-state index in [2.05, 4.69) is 16.0 Å². The SMILES string of the molecule is Cc1ccc(-c2cc3cccnc3[nH]c2=O)c(C)c1. The van der Waals surface area contributed by atoms with Crippen molar-refractivity contribution in [1.82, 2.24) is 9.97 Å². The molecule has 2 aromatic heterocycles.